The smallest absolute Gasteiger partial charge is 0.164 e. The fraction of sp³-hybridized carbons (Fsp3) is 0.300. The van der Waals surface area contributed by atoms with E-state index in [9.17, 15) is 4.39 Å². The summed E-state index contributed by atoms with van der Waals surface area (Å²) in [7, 11) is 0. The molecule has 0 aliphatic carbocycles. The van der Waals surface area contributed by atoms with Crippen LogP contribution in [0.4, 0.5) is 4.39 Å². The third-order valence-corrected chi connectivity index (χ3v) is 1.92. The minimum absolute atomic E-state index is 0.149. The van der Waals surface area contributed by atoms with Gasteiger partial charge in [0, 0.05) is 6.42 Å². The maximum absolute atomic E-state index is 12.6. The number of benzene rings is 1. The van der Waals surface area contributed by atoms with Gasteiger partial charge in [0.1, 0.15) is 0 Å². The van der Waals surface area contributed by atoms with Gasteiger partial charge in [-0.15, -0.1) is 0 Å². The number of halogens is 1. The van der Waals surface area contributed by atoms with Crippen molar-refractivity contribution in [2.75, 3.05) is 0 Å². The maximum Gasteiger partial charge on any atom is 0.164 e. The van der Waals surface area contributed by atoms with Crippen LogP contribution in [0.25, 0.3) is 0 Å². The van der Waals surface area contributed by atoms with Crippen LogP contribution in [0.1, 0.15) is 18.4 Å². The van der Waals surface area contributed by atoms with E-state index in [-0.39, 0.29) is 11.6 Å². The molecule has 0 amide bonds. The molecule has 0 atom stereocenters. The molecule has 0 unspecified atom stereocenters. The summed E-state index contributed by atoms with van der Waals surface area (Å²) in [5.74, 6) is -0.790. The highest BCUT2D eigenvalue weighted by molar-refractivity contribution is 5.76. The highest BCUT2D eigenvalue weighted by Crippen LogP contribution is 2.17. The Hall–Kier alpha value is -1.58. The van der Waals surface area contributed by atoms with Crippen molar-refractivity contribution < 1.29 is 9.50 Å². The van der Waals surface area contributed by atoms with Crippen molar-refractivity contribution in [1.82, 2.24) is 0 Å². The number of hydrogen-bond donors (Lipinski definition) is 3. The zero-order chi connectivity index (χ0) is 10.6. The van der Waals surface area contributed by atoms with Crippen LogP contribution < -0.4 is 5.73 Å². The van der Waals surface area contributed by atoms with Gasteiger partial charge in [0.15, 0.2) is 11.6 Å². The molecule has 0 fully saturated rings. The molecular weight excluding hydrogens is 182 g/mol. The van der Waals surface area contributed by atoms with Crippen LogP contribution in [-0.2, 0) is 6.42 Å². The van der Waals surface area contributed by atoms with E-state index >= 15 is 0 Å². The molecule has 1 aromatic rings. The van der Waals surface area contributed by atoms with Gasteiger partial charge < -0.3 is 10.8 Å². The molecule has 0 spiro atoms. The van der Waals surface area contributed by atoms with Crippen molar-refractivity contribution in [1.29, 1.82) is 5.41 Å². The van der Waals surface area contributed by atoms with E-state index in [1.54, 1.807) is 6.07 Å². The molecule has 4 N–H and O–H groups in total. The van der Waals surface area contributed by atoms with Crippen molar-refractivity contribution in [3.63, 3.8) is 0 Å². The Kier molecular flexibility index (Phi) is 3.45. The lowest BCUT2D eigenvalue weighted by Crippen LogP contribution is -2.09. The number of amidine groups is 1. The molecule has 0 saturated carbocycles. The molecule has 3 nitrogen and oxygen atoms in total. The average molecular weight is 195 g/mol. The summed E-state index contributed by atoms with van der Waals surface area (Å²) in [6.45, 7) is 0. The Morgan fingerprint density at radius 3 is 2.79 bits per heavy atom. The van der Waals surface area contributed by atoms with E-state index in [4.69, 9.17) is 16.2 Å². The van der Waals surface area contributed by atoms with Gasteiger partial charge in [0.05, 0.1) is 5.84 Å². The standard InChI is InChI=1S/C10H13FN2O/c11-8-5-4-7(6-9(8)14)2-1-3-10(12)13/h4-6,14H,1-3H2,(H3,12,13)/i11-1. The summed E-state index contributed by atoms with van der Waals surface area (Å²) in [5, 5.41) is 16.1. The molecule has 0 heterocycles. The Morgan fingerprint density at radius 2 is 2.21 bits per heavy atom. The van der Waals surface area contributed by atoms with Crippen LogP contribution in [0.5, 0.6) is 5.75 Å². The number of phenolic OH excluding ortho intramolecular Hbond substituents is 1. The first kappa shape index (κ1) is 10.5. The zero-order valence-corrected chi connectivity index (χ0v) is 7.76. The molecule has 1 rings (SSSR count). The van der Waals surface area contributed by atoms with Crippen LogP contribution in [0.3, 0.4) is 0 Å². The van der Waals surface area contributed by atoms with Crippen LogP contribution in [-0.4, -0.2) is 10.9 Å². The van der Waals surface area contributed by atoms with E-state index in [0.717, 1.165) is 12.0 Å². The number of nitrogens with two attached hydrogens (primary N) is 1. The third kappa shape index (κ3) is 3.05. The largest absolute Gasteiger partial charge is 0.505 e. The first-order valence-corrected chi connectivity index (χ1v) is 4.40. The van der Waals surface area contributed by atoms with Gasteiger partial charge in [0.2, 0.25) is 0 Å². The molecule has 0 saturated heterocycles. The highest BCUT2D eigenvalue weighted by Gasteiger charge is 2.01. The molecule has 76 valence electrons. The van der Waals surface area contributed by atoms with Gasteiger partial charge in [-0.25, -0.2) is 4.39 Å². The first-order valence-electron chi connectivity index (χ1n) is 4.40. The van der Waals surface area contributed by atoms with Gasteiger partial charge in [0.25, 0.3) is 0 Å². The summed E-state index contributed by atoms with van der Waals surface area (Å²) >= 11 is 0. The average Bonchev–Trinajstić information content (AvgIpc) is 2.10. The summed E-state index contributed by atoms with van der Waals surface area (Å²) in [6.07, 6.45) is 1.95. The van der Waals surface area contributed by atoms with Crippen molar-refractivity contribution in [3.05, 3.63) is 29.6 Å². The fourth-order valence-electron chi connectivity index (χ4n) is 1.20. The molecule has 0 aliphatic heterocycles. The number of hydrogen-bond acceptors (Lipinski definition) is 2. The Labute approximate surface area is 81.9 Å². The lowest BCUT2D eigenvalue weighted by molar-refractivity contribution is 0.431. The summed E-state index contributed by atoms with van der Waals surface area (Å²) in [6, 6.07) is 4.25. The lowest BCUT2D eigenvalue weighted by atomic mass is 10.1. The molecule has 0 radical (unpaired) electrons. The molecule has 0 aromatic heterocycles. The summed E-state index contributed by atoms with van der Waals surface area (Å²) in [4.78, 5) is 0. The lowest BCUT2D eigenvalue weighted by Gasteiger charge is -2.02. The van der Waals surface area contributed by atoms with Crippen LogP contribution in [0.15, 0.2) is 18.2 Å². The van der Waals surface area contributed by atoms with Gasteiger partial charge in [-0.2, -0.15) is 0 Å². The van der Waals surface area contributed by atoms with E-state index in [2.05, 4.69) is 0 Å². The van der Waals surface area contributed by atoms with E-state index in [1.165, 1.54) is 12.1 Å². The van der Waals surface area contributed by atoms with E-state index in [1.807, 2.05) is 0 Å². The third-order valence-electron chi connectivity index (χ3n) is 1.92. The second-order valence-corrected chi connectivity index (χ2v) is 3.16. The first-order chi connectivity index (χ1) is 6.59. The summed E-state index contributed by atoms with van der Waals surface area (Å²) < 4.78 is 12.6. The Balaban J connectivity index is 2.51. The van der Waals surface area contributed by atoms with E-state index < -0.39 is 5.82 Å². The molecule has 4 heteroatoms. The van der Waals surface area contributed by atoms with Crippen molar-refractivity contribution >= 4 is 5.84 Å². The number of phenols is 1. The molecule has 0 aliphatic rings. The Morgan fingerprint density at radius 1 is 1.50 bits per heavy atom. The van der Waals surface area contributed by atoms with Crippen molar-refractivity contribution in [3.8, 4) is 5.75 Å². The van der Waals surface area contributed by atoms with Crippen LogP contribution in [0.2, 0.25) is 0 Å². The monoisotopic (exact) mass is 195 g/mol. The molecule has 0 bridgehead atoms. The normalized spacial score (nSPS) is 10.1. The van der Waals surface area contributed by atoms with Gasteiger partial charge in [-0.05, 0) is 30.5 Å². The van der Waals surface area contributed by atoms with Gasteiger partial charge in [-0.3, -0.25) is 5.41 Å². The molecule has 1 aromatic carbocycles. The van der Waals surface area contributed by atoms with Crippen LogP contribution >= 0.6 is 0 Å². The van der Waals surface area contributed by atoms with E-state index in [0.29, 0.717) is 12.8 Å². The Bertz CT molecular complexity index is 339. The maximum atomic E-state index is 12.6. The second-order valence-electron chi connectivity index (χ2n) is 3.16. The quantitative estimate of drug-likeness (QED) is 0.506. The van der Waals surface area contributed by atoms with Crippen molar-refractivity contribution in [2.45, 2.75) is 19.3 Å². The SMILES string of the molecule is N=C(N)CCCc1ccc([18F])c(O)c1. The fourth-order valence-corrected chi connectivity index (χ4v) is 1.20. The van der Waals surface area contributed by atoms with Gasteiger partial charge in [-0.1, -0.05) is 6.07 Å². The van der Waals surface area contributed by atoms with Crippen molar-refractivity contribution in [2.24, 2.45) is 5.73 Å². The minimum Gasteiger partial charge on any atom is -0.505 e. The zero-order valence-electron chi connectivity index (χ0n) is 7.76. The number of aromatic hydroxyl groups is 1. The van der Waals surface area contributed by atoms with Gasteiger partial charge >= 0.3 is 0 Å². The second kappa shape index (κ2) is 4.60. The predicted octanol–water partition coefficient (Wildman–Crippen LogP) is 1.79. The number of aryl methyl sites for hydroxylation is 1. The number of rotatable bonds is 4. The minimum atomic E-state index is -0.611. The number of nitrogens with one attached hydrogen (secondary N) is 1. The summed E-state index contributed by atoms with van der Waals surface area (Å²) in [5.41, 5.74) is 6.04. The molecular formula is C10H13FN2O. The van der Waals surface area contributed by atoms with Crippen LogP contribution in [0, 0.1) is 11.2 Å². The highest BCUT2D eigenvalue weighted by atomic mass is 18.2. The molecule has 14 heavy (non-hydrogen) atoms. The topological polar surface area (TPSA) is 70.1 Å². The predicted molar refractivity (Wildman–Crippen MR) is 52.9 cm³/mol.